The van der Waals surface area contributed by atoms with Gasteiger partial charge in [0.25, 0.3) is 0 Å². The minimum Gasteiger partial charge on any atom is -0.357 e. The van der Waals surface area contributed by atoms with Crippen molar-refractivity contribution < 1.29 is 22.4 Å². The van der Waals surface area contributed by atoms with Crippen LogP contribution in [0.15, 0.2) is 78.9 Å². The van der Waals surface area contributed by atoms with Crippen molar-refractivity contribution >= 4 is 27.5 Å². The molecule has 4 saturated carbocycles. The minimum atomic E-state index is -3.88. The predicted molar refractivity (Wildman–Crippen MR) is 173 cm³/mol. The molecule has 1 unspecified atom stereocenters. The number of nitrogens with zero attached hydrogens (tertiary/aromatic N) is 2. The summed E-state index contributed by atoms with van der Waals surface area (Å²) in [5.74, 6) is 0.820. The summed E-state index contributed by atoms with van der Waals surface area (Å²) in [6, 6.07) is 22.1. The number of halogens is 1. The fraction of sp³-hybridized carbons (Fsp3) is 0.444. The van der Waals surface area contributed by atoms with E-state index in [1.165, 1.54) is 62.1 Å². The first-order chi connectivity index (χ1) is 21.5. The van der Waals surface area contributed by atoms with Crippen LogP contribution >= 0.6 is 0 Å². The molecule has 7 nitrogen and oxygen atoms in total. The Bertz CT molecular complexity index is 1610. The number of sulfonamides is 1. The first-order valence-electron chi connectivity index (χ1n) is 15.9. The minimum absolute atomic E-state index is 0.160. The molecule has 0 radical (unpaired) electrons. The standard InChI is InChI=1S/C36H42FN3O4S/c1-38-35(42)33(19-25-8-4-3-5-9-25)39(23-29-10-6-7-11-32(29)37)34(41)24-40(45(2,43)44)31-14-12-30(13-15-31)36-20-26-16-27(21-36)18-28(17-26)22-36/h3-15,26-28,33H,16-24H2,1-2H3,(H,38,42). The topological polar surface area (TPSA) is 86.8 Å². The van der Waals surface area contributed by atoms with Crippen LogP contribution in [0.2, 0.25) is 0 Å². The number of amides is 2. The van der Waals surface area contributed by atoms with Gasteiger partial charge < -0.3 is 10.2 Å². The molecule has 0 heterocycles. The van der Waals surface area contributed by atoms with Crippen molar-refractivity contribution in [3.05, 3.63) is 101 Å². The van der Waals surface area contributed by atoms with Gasteiger partial charge in [-0.05, 0) is 91.0 Å². The van der Waals surface area contributed by atoms with Crippen LogP contribution in [-0.2, 0) is 38.0 Å². The number of rotatable bonds is 11. The molecule has 3 aromatic carbocycles. The lowest BCUT2D eigenvalue weighted by molar-refractivity contribution is -0.139. The van der Waals surface area contributed by atoms with Gasteiger partial charge >= 0.3 is 0 Å². The monoisotopic (exact) mass is 631 g/mol. The molecule has 238 valence electrons. The first-order valence-corrected chi connectivity index (χ1v) is 17.8. The van der Waals surface area contributed by atoms with Gasteiger partial charge in [-0.3, -0.25) is 13.9 Å². The lowest BCUT2D eigenvalue weighted by Gasteiger charge is -2.57. The Hall–Kier alpha value is -3.72. The van der Waals surface area contributed by atoms with E-state index in [2.05, 4.69) is 5.32 Å². The van der Waals surface area contributed by atoms with Crippen LogP contribution in [0.1, 0.15) is 55.2 Å². The van der Waals surface area contributed by atoms with Gasteiger partial charge in [-0.2, -0.15) is 0 Å². The highest BCUT2D eigenvalue weighted by Crippen LogP contribution is 2.60. The summed E-state index contributed by atoms with van der Waals surface area (Å²) >= 11 is 0. The van der Waals surface area contributed by atoms with Crippen molar-refractivity contribution in [3.63, 3.8) is 0 Å². The molecule has 4 aliphatic carbocycles. The highest BCUT2D eigenvalue weighted by atomic mass is 32.2. The number of hydrogen-bond acceptors (Lipinski definition) is 4. The van der Waals surface area contributed by atoms with Gasteiger partial charge in [-0.25, -0.2) is 12.8 Å². The largest absolute Gasteiger partial charge is 0.357 e. The summed E-state index contributed by atoms with van der Waals surface area (Å²) in [5.41, 5.74) is 2.86. The molecule has 0 spiro atoms. The fourth-order valence-electron chi connectivity index (χ4n) is 8.59. The molecule has 0 aromatic heterocycles. The summed E-state index contributed by atoms with van der Waals surface area (Å²) in [6.45, 7) is -0.717. The van der Waals surface area contributed by atoms with E-state index in [9.17, 15) is 22.4 Å². The molecular formula is C36H42FN3O4S. The first kappa shape index (κ1) is 31.3. The van der Waals surface area contributed by atoms with Crippen LogP contribution < -0.4 is 9.62 Å². The third kappa shape index (κ3) is 6.64. The van der Waals surface area contributed by atoms with Gasteiger partial charge in [-0.1, -0.05) is 60.7 Å². The number of benzene rings is 3. The van der Waals surface area contributed by atoms with Crippen LogP contribution in [0.4, 0.5) is 10.1 Å². The maximum Gasteiger partial charge on any atom is 0.244 e. The Morgan fingerprint density at radius 3 is 2.02 bits per heavy atom. The van der Waals surface area contributed by atoms with Crippen LogP contribution in [0.3, 0.4) is 0 Å². The Kier molecular flexibility index (Phi) is 8.74. The smallest absolute Gasteiger partial charge is 0.244 e. The summed E-state index contributed by atoms with van der Waals surface area (Å²) in [4.78, 5) is 28.7. The molecule has 4 bridgehead atoms. The maximum atomic E-state index is 14.9. The number of carbonyl (C=O) groups excluding carboxylic acids is 2. The Morgan fingerprint density at radius 2 is 1.47 bits per heavy atom. The summed E-state index contributed by atoms with van der Waals surface area (Å²) < 4.78 is 42.3. The van der Waals surface area contributed by atoms with E-state index in [1.54, 1.807) is 18.2 Å². The molecule has 0 saturated heterocycles. The van der Waals surface area contributed by atoms with Gasteiger partial charge in [0, 0.05) is 25.6 Å². The number of anilines is 1. The van der Waals surface area contributed by atoms with Crippen LogP contribution in [0.25, 0.3) is 0 Å². The molecule has 9 heteroatoms. The van der Waals surface area contributed by atoms with E-state index >= 15 is 0 Å². The molecule has 0 aliphatic heterocycles. The van der Waals surface area contributed by atoms with Crippen LogP contribution in [0.5, 0.6) is 0 Å². The zero-order valence-electron chi connectivity index (χ0n) is 26.0. The van der Waals surface area contributed by atoms with E-state index in [-0.39, 0.29) is 23.9 Å². The van der Waals surface area contributed by atoms with Gasteiger partial charge in [-0.15, -0.1) is 0 Å². The molecule has 45 heavy (non-hydrogen) atoms. The van der Waals surface area contributed by atoms with Gasteiger partial charge in [0.2, 0.25) is 21.8 Å². The molecule has 4 aliphatic rings. The average molecular weight is 632 g/mol. The highest BCUT2D eigenvalue weighted by Gasteiger charge is 2.51. The summed E-state index contributed by atoms with van der Waals surface area (Å²) in [7, 11) is -2.40. The summed E-state index contributed by atoms with van der Waals surface area (Å²) in [5, 5.41) is 2.64. The van der Waals surface area contributed by atoms with Gasteiger partial charge in [0.05, 0.1) is 11.9 Å². The number of likely N-dealkylation sites (N-methyl/N-ethyl adjacent to an activating group) is 1. The molecule has 7 rings (SSSR count). The van der Waals surface area contributed by atoms with Crippen molar-refractivity contribution in [1.29, 1.82) is 0 Å². The molecule has 3 aromatic rings. The SMILES string of the molecule is CNC(=O)C(Cc1ccccc1)N(Cc1ccccc1F)C(=O)CN(c1ccc(C23CC4CC(CC(C4)C2)C3)cc1)S(C)(=O)=O. The van der Waals surface area contributed by atoms with Crippen molar-refractivity contribution in [1.82, 2.24) is 10.2 Å². The van der Waals surface area contributed by atoms with E-state index in [1.807, 2.05) is 54.6 Å². The van der Waals surface area contributed by atoms with E-state index in [0.717, 1.165) is 33.9 Å². The van der Waals surface area contributed by atoms with Crippen LogP contribution in [0, 0.1) is 23.6 Å². The van der Waals surface area contributed by atoms with Crippen molar-refractivity contribution in [2.75, 3.05) is 24.2 Å². The third-order valence-electron chi connectivity index (χ3n) is 10.3. The maximum absolute atomic E-state index is 14.9. The quantitative estimate of drug-likeness (QED) is 0.305. The normalized spacial score (nSPS) is 24.2. The Morgan fingerprint density at radius 1 is 0.889 bits per heavy atom. The van der Waals surface area contributed by atoms with Gasteiger partial charge in [0.15, 0.2) is 0 Å². The highest BCUT2D eigenvalue weighted by molar-refractivity contribution is 7.92. The second-order valence-electron chi connectivity index (χ2n) is 13.4. The number of nitrogens with one attached hydrogen (secondary N) is 1. The number of carbonyl (C=O) groups is 2. The summed E-state index contributed by atoms with van der Waals surface area (Å²) in [6.07, 6.45) is 8.86. The van der Waals surface area contributed by atoms with Crippen LogP contribution in [-0.4, -0.2) is 51.0 Å². The van der Waals surface area contributed by atoms with E-state index < -0.39 is 40.2 Å². The van der Waals surface area contributed by atoms with Gasteiger partial charge in [0.1, 0.15) is 18.4 Å². The lowest BCUT2D eigenvalue weighted by atomic mass is 9.48. The molecule has 4 fully saturated rings. The second kappa shape index (κ2) is 12.6. The van der Waals surface area contributed by atoms with E-state index in [0.29, 0.717) is 5.69 Å². The average Bonchev–Trinajstić information content (AvgIpc) is 3.01. The predicted octanol–water partition coefficient (Wildman–Crippen LogP) is 5.45. The second-order valence-corrected chi connectivity index (χ2v) is 15.4. The van der Waals surface area contributed by atoms with Crippen molar-refractivity contribution in [3.8, 4) is 0 Å². The fourth-order valence-corrected chi connectivity index (χ4v) is 9.44. The third-order valence-corrected chi connectivity index (χ3v) is 11.4. The Labute approximate surface area is 265 Å². The zero-order chi connectivity index (χ0) is 31.8. The molecule has 2 amide bonds. The van der Waals surface area contributed by atoms with Crippen molar-refractivity contribution in [2.45, 2.75) is 62.9 Å². The molecule has 1 N–H and O–H groups in total. The number of hydrogen-bond donors (Lipinski definition) is 1. The molecule has 1 atom stereocenters. The molecular weight excluding hydrogens is 589 g/mol. The zero-order valence-corrected chi connectivity index (χ0v) is 26.8. The lowest BCUT2D eigenvalue weighted by Crippen LogP contribution is -2.53. The van der Waals surface area contributed by atoms with Crippen molar-refractivity contribution in [2.24, 2.45) is 17.8 Å². The Balaban J connectivity index is 1.30. The van der Waals surface area contributed by atoms with E-state index in [4.69, 9.17) is 0 Å².